The van der Waals surface area contributed by atoms with Crippen molar-refractivity contribution in [1.29, 1.82) is 0 Å². The van der Waals surface area contributed by atoms with Crippen molar-refractivity contribution in [3.05, 3.63) is 57.4 Å². The van der Waals surface area contributed by atoms with E-state index in [2.05, 4.69) is 17.0 Å². The molecule has 0 aliphatic carbocycles. The molecule has 0 bridgehead atoms. The smallest absolute Gasteiger partial charge is 0.269 e. The van der Waals surface area contributed by atoms with Crippen LogP contribution in [0.25, 0.3) is 0 Å². The number of methoxy groups -OCH3 is 1. The number of carbonyl (C=O) groups excluding carboxylic acids is 1. The molecule has 28 heavy (non-hydrogen) atoms. The molecule has 0 unspecified atom stereocenters. The summed E-state index contributed by atoms with van der Waals surface area (Å²) in [4.78, 5) is 23.4. The highest BCUT2D eigenvalue weighted by Crippen LogP contribution is 2.50. The standard InChI is InChI=1S/C20H18ClN3O2S2/c1-4-24-18(25)17(19-23(2)14-7-5-6-8-16(14)27-19)28-20(24)22-13-11-12(21)9-10-15(13)26-3/h5-11H,4H2,1-3H3. The lowest BCUT2D eigenvalue weighted by Crippen LogP contribution is -2.29. The van der Waals surface area contributed by atoms with Crippen LogP contribution in [-0.4, -0.2) is 36.7 Å². The Kier molecular flexibility index (Phi) is 5.31. The number of anilines is 1. The molecule has 2 aliphatic rings. The van der Waals surface area contributed by atoms with E-state index in [1.807, 2.05) is 26.1 Å². The fourth-order valence-electron chi connectivity index (χ4n) is 3.05. The van der Waals surface area contributed by atoms with Crippen molar-refractivity contribution >= 4 is 57.6 Å². The van der Waals surface area contributed by atoms with Crippen LogP contribution in [-0.2, 0) is 4.79 Å². The van der Waals surface area contributed by atoms with Crippen LogP contribution >= 0.6 is 35.1 Å². The molecule has 0 atom stereocenters. The summed E-state index contributed by atoms with van der Waals surface area (Å²) in [6, 6.07) is 13.4. The van der Waals surface area contributed by atoms with Crippen molar-refractivity contribution in [3.63, 3.8) is 0 Å². The highest BCUT2D eigenvalue weighted by atomic mass is 35.5. The first-order valence-electron chi connectivity index (χ1n) is 8.70. The molecular formula is C20H18ClN3O2S2. The van der Waals surface area contributed by atoms with Crippen LogP contribution in [0.15, 0.2) is 62.3 Å². The van der Waals surface area contributed by atoms with Gasteiger partial charge in [-0.1, -0.05) is 35.5 Å². The van der Waals surface area contributed by atoms with Crippen LogP contribution < -0.4 is 9.64 Å². The van der Waals surface area contributed by atoms with Crippen molar-refractivity contribution in [2.75, 3.05) is 25.6 Å². The van der Waals surface area contributed by atoms with E-state index >= 15 is 0 Å². The molecule has 2 heterocycles. The summed E-state index contributed by atoms with van der Waals surface area (Å²) in [5.74, 6) is 0.580. The Morgan fingerprint density at radius 2 is 1.96 bits per heavy atom. The Bertz CT molecular complexity index is 1020. The average Bonchev–Trinajstić information content (AvgIpc) is 3.19. The fraction of sp³-hybridized carbons (Fsp3) is 0.200. The molecule has 1 fully saturated rings. The normalized spacial score (nSPS) is 20.3. The zero-order valence-corrected chi connectivity index (χ0v) is 18.0. The van der Waals surface area contributed by atoms with Crippen LogP contribution in [0.1, 0.15) is 6.92 Å². The first kappa shape index (κ1) is 19.2. The molecule has 2 aliphatic heterocycles. The van der Waals surface area contributed by atoms with Crippen LogP contribution in [0.5, 0.6) is 5.75 Å². The van der Waals surface area contributed by atoms with Gasteiger partial charge in [-0.3, -0.25) is 9.69 Å². The number of para-hydroxylation sites is 1. The van der Waals surface area contributed by atoms with E-state index in [4.69, 9.17) is 21.3 Å². The molecule has 0 radical (unpaired) electrons. The number of fused-ring (bicyclic) bond motifs is 1. The maximum absolute atomic E-state index is 13.1. The van der Waals surface area contributed by atoms with Gasteiger partial charge in [0.1, 0.15) is 16.3 Å². The molecule has 1 amide bonds. The SMILES string of the molecule is CCN1C(=O)C(=C2Sc3ccccc3N2C)SC1=Nc1cc(Cl)ccc1OC. The van der Waals surface area contributed by atoms with Crippen LogP contribution in [0, 0.1) is 0 Å². The Morgan fingerprint density at radius 3 is 2.68 bits per heavy atom. The number of halogens is 1. The van der Waals surface area contributed by atoms with E-state index in [1.54, 1.807) is 42.0 Å². The number of nitrogens with zero attached hydrogens (tertiary/aromatic N) is 3. The quantitative estimate of drug-likeness (QED) is 0.613. The largest absolute Gasteiger partial charge is 0.494 e. The van der Waals surface area contributed by atoms with Crippen LogP contribution in [0.2, 0.25) is 5.02 Å². The molecule has 8 heteroatoms. The first-order chi connectivity index (χ1) is 13.5. The summed E-state index contributed by atoms with van der Waals surface area (Å²) in [6.07, 6.45) is 0. The Morgan fingerprint density at radius 1 is 1.18 bits per heavy atom. The molecule has 2 aromatic rings. The van der Waals surface area contributed by atoms with Crippen molar-refractivity contribution in [2.24, 2.45) is 4.99 Å². The number of aliphatic imine (C=N–C) groups is 1. The molecule has 4 rings (SSSR count). The topological polar surface area (TPSA) is 45.1 Å². The van der Waals surface area contributed by atoms with E-state index in [0.717, 1.165) is 15.6 Å². The molecule has 0 spiro atoms. The summed E-state index contributed by atoms with van der Waals surface area (Å²) >= 11 is 9.13. The van der Waals surface area contributed by atoms with E-state index in [1.165, 1.54) is 11.8 Å². The third-order valence-electron chi connectivity index (χ3n) is 4.47. The van der Waals surface area contributed by atoms with Gasteiger partial charge in [-0.15, -0.1) is 0 Å². The number of ether oxygens (including phenoxy) is 1. The average molecular weight is 432 g/mol. The number of amides is 1. The second-order valence-electron chi connectivity index (χ2n) is 6.13. The summed E-state index contributed by atoms with van der Waals surface area (Å²) < 4.78 is 5.39. The predicted octanol–water partition coefficient (Wildman–Crippen LogP) is 5.34. The van der Waals surface area contributed by atoms with Gasteiger partial charge in [0.2, 0.25) is 0 Å². The van der Waals surface area contributed by atoms with Crippen molar-refractivity contribution in [2.45, 2.75) is 11.8 Å². The second-order valence-corrected chi connectivity index (χ2v) is 8.57. The number of likely N-dealkylation sites (N-methyl/N-ethyl adjacent to an activating group) is 1. The summed E-state index contributed by atoms with van der Waals surface area (Å²) in [7, 11) is 3.58. The highest BCUT2D eigenvalue weighted by Gasteiger charge is 2.38. The Labute approximate surface area is 177 Å². The maximum Gasteiger partial charge on any atom is 0.269 e. The number of amidine groups is 1. The van der Waals surface area contributed by atoms with E-state index in [0.29, 0.717) is 33.1 Å². The summed E-state index contributed by atoms with van der Waals surface area (Å²) in [5, 5.41) is 2.12. The molecule has 0 aromatic heterocycles. The zero-order chi connectivity index (χ0) is 19.8. The zero-order valence-electron chi connectivity index (χ0n) is 15.6. The van der Waals surface area contributed by atoms with Crippen molar-refractivity contribution in [1.82, 2.24) is 4.90 Å². The third-order valence-corrected chi connectivity index (χ3v) is 7.14. The van der Waals surface area contributed by atoms with Gasteiger partial charge < -0.3 is 9.64 Å². The first-order valence-corrected chi connectivity index (χ1v) is 10.7. The third kappa shape index (κ3) is 3.27. The number of thioether (sulfide) groups is 2. The minimum absolute atomic E-state index is 0.0330. The van der Waals surface area contributed by atoms with Gasteiger partial charge in [0.05, 0.1) is 17.8 Å². The Balaban J connectivity index is 1.75. The van der Waals surface area contributed by atoms with Crippen LogP contribution in [0.4, 0.5) is 11.4 Å². The van der Waals surface area contributed by atoms with Gasteiger partial charge in [0.25, 0.3) is 5.91 Å². The number of hydrogen-bond acceptors (Lipinski definition) is 6. The maximum atomic E-state index is 13.1. The molecule has 144 valence electrons. The molecule has 1 saturated heterocycles. The number of rotatable bonds is 3. The minimum atomic E-state index is -0.0330. The van der Waals surface area contributed by atoms with Gasteiger partial charge in [0, 0.05) is 23.5 Å². The molecular weight excluding hydrogens is 414 g/mol. The van der Waals surface area contributed by atoms with E-state index < -0.39 is 0 Å². The minimum Gasteiger partial charge on any atom is -0.494 e. The molecule has 2 aromatic carbocycles. The summed E-state index contributed by atoms with van der Waals surface area (Å²) in [5.41, 5.74) is 1.71. The highest BCUT2D eigenvalue weighted by molar-refractivity contribution is 8.19. The van der Waals surface area contributed by atoms with Crippen molar-refractivity contribution in [3.8, 4) is 5.75 Å². The van der Waals surface area contributed by atoms with E-state index in [-0.39, 0.29) is 5.91 Å². The number of benzene rings is 2. The second kappa shape index (κ2) is 7.73. The molecule has 0 saturated carbocycles. The molecule has 5 nitrogen and oxygen atoms in total. The Hall–Kier alpha value is -2.09. The lowest BCUT2D eigenvalue weighted by molar-refractivity contribution is -0.122. The van der Waals surface area contributed by atoms with Gasteiger partial charge in [-0.2, -0.15) is 0 Å². The van der Waals surface area contributed by atoms with Gasteiger partial charge in [0.15, 0.2) is 5.17 Å². The van der Waals surface area contributed by atoms with Gasteiger partial charge >= 0.3 is 0 Å². The van der Waals surface area contributed by atoms with Crippen LogP contribution in [0.3, 0.4) is 0 Å². The van der Waals surface area contributed by atoms with Gasteiger partial charge in [-0.25, -0.2) is 4.99 Å². The number of hydrogen-bond donors (Lipinski definition) is 0. The lowest BCUT2D eigenvalue weighted by atomic mass is 10.3. The van der Waals surface area contributed by atoms with Crippen molar-refractivity contribution < 1.29 is 9.53 Å². The molecule has 0 N–H and O–H groups in total. The van der Waals surface area contributed by atoms with Gasteiger partial charge in [-0.05, 0) is 49.0 Å². The fourth-order valence-corrected chi connectivity index (χ4v) is 5.62. The lowest BCUT2D eigenvalue weighted by Gasteiger charge is -2.15. The summed E-state index contributed by atoms with van der Waals surface area (Å²) in [6.45, 7) is 2.47. The predicted molar refractivity (Wildman–Crippen MR) is 118 cm³/mol. The monoisotopic (exact) mass is 431 g/mol. The van der Waals surface area contributed by atoms with E-state index in [9.17, 15) is 4.79 Å². The number of carbonyl (C=O) groups is 1.